The average molecular weight is 225 g/mol. The molecule has 0 aromatic carbocycles. The predicted octanol–water partition coefficient (Wildman–Crippen LogP) is 1.58. The number of rotatable bonds is 3. The van der Waals surface area contributed by atoms with E-state index in [2.05, 4.69) is 15.0 Å². The van der Waals surface area contributed by atoms with Gasteiger partial charge in [-0.2, -0.15) is 0 Å². The van der Waals surface area contributed by atoms with E-state index in [4.69, 9.17) is 5.11 Å². The lowest BCUT2D eigenvalue weighted by molar-refractivity contribution is 0.280. The van der Waals surface area contributed by atoms with E-state index >= 15 is 0 Å². The maximum atomic E-state index is 8.79. The van der Waals surface area contributed by atoms with Gasteiger partial charge in [0.25, 0.3) is 0 Å². The minimum Gasteiger partial charge on any atom is -0.392 e. The van der Waals surface area contributed by atoms with Gasteiger partial charge in [-0.1, -0.05) is 0 Å². The van der Waals surface area contributed by atoms with Gasteiger partial charge >= 0.3 is 0 Å². The Morgan fingerprint density at radius 3 is 2.64 bits per heavy atom. The Hall–Kier alpha value is -0.980. The molecule has 0 aliphatic rings. The Labute approximate surface area is 89.1 Å². The summed E-state index contributed by atoms with van der Waals surface area (Å²) in [7, 11) is 0. The molecule has 0 aliphatic carbocycles. The first kappa shape index (κ1) is 9.57. The van der Waals surface area contributed by atoms with E-state index in [1.54, 1.807) is 29.9 Å². The number of hydrogen-bond donors (Lipinski definition) is 1. The van der Waals surface area contributed by atoms with Gasteiger partial charge in [-0.05, 0) is 11.8 Å². The molecule has 0 bridgehead atoms. The summed E-state index contributed by atoms with van der Waals surface area (Å²) >= 11 is 2.97. The summed E-state index contributed by atoms with van der Waals surface area (Å²) in [6.07, 6.45) is 4.97. The summed E-state index contributed by atoms with van der Waals surface area (Å²) in [6.45, 7) is -0.0256. The minimum absolute atomic E-state index is 0.0256. The third-order valence-corrected chi connectivity index (χ3v) is 3.23. The maximum Gasteiger partial charge on any atom is 0.194 e. The van der Waals surface area contributed by atoms with Crippen LogP contribution >= 0.6 is 23.1 Å². The zero-order valence-corrected chi connectivity index (χ0v) is 8.75. The third-order valence-electron chi connectivity index (χ3n) is 1.45. The summed E-state index contributed by atoms with van der Waals surface area (Å²) in [5.74, 6) is 0. The Kier molecular flexibility index (Phi) is 3.07. The smallest absolute Gasteiger partial charge is 0.194 e. The molecule has 0 spiro atoms. The van der Waals surface area contributed by atoms with Crippen LogP contribution in [0.5, 0.6) is 0 Å². The summed E-state index contributed by atoms with van der Waals surface area (Å²) in [4.78, 5) is 12.3. The van der Waals surface area contributed by atoms with Crippen LogP contribution in [0, 0.1) is 0 Å². The lowest BCUT2D eigenvalue weighted by Crippen LogP contribution is -1.90. The molecule has 0 radical (unpaired) electrons. The highest BCUT2D eigenvalue weighted by Crippen LogP contribution is 2.25. The Bertz CT molecular complexity index is 387. The van der Waals surface area contributed by atoms with Crippen molar-refractivity contribution in [2.24, 2.45) is 0 Å². The van der Waals surface area contributed by atoms with Gasteiger partial charge in [0.2, 0.25) is 0 Å². The molecule has 0 fully saturated rings. The third kappa shape index (κ3) is 2.28. The van der Waals surface area contributed by atoms with Crippen molar-refractivity contribution in [1.82, 2.24) is 15.0 Å². The fourth-order valence-corrected chi connectivity index (χ4v) is 2.24. The average Bonchev–Trinajstić information content (AvgIpc) is 2.72. The van der Waals surface area contributed by atoms with Crippen molar-refractivity contribution in [2.45, 2.75) is 16.1 Å². The van der Waals surface area contributed by atoms with E-state index < -0.39 is 0 Å². The van der Waals surface area contributed by atoms with E-state index in [1.807, 2.05) is 5.38 Å². The van der Waals surface area contributed by atoms with E-state index in [1.165, 1.54) is 11.8 Å². The number of aliphatic hydroxyl groups excluding tert-OH is 1. The van der Waals surface area contributed by atoms with Gasteiger partial charge < -0.3 is 5.11 Å². The van der Waals surface area contributed by atoms with E-state index in [0.717, 1.165) is 4.34 Å². The van der Waals surface area contributed by atoms with Crippen LogP contribution in [0.1, 0.15) is 5.56 Å². The normalized spacial score (nSPS) is 10.4. The molecule has 72 valence electrons. The highest BCUT2D eigenvalue weighted by molar-refractivity contribution is 8.00. The molecule has 2 aromatic heterocycles. The number of thiazole rings is 1. The number of nitrogens with zero attached hydrogens (tertiary/aromatic N) is 3. The monoisotopic (exact) mass is 225 g/mol. The number of aromatic nitrogens is 3. The molecule has 2 aromatic rings. The molecule has 2 rings (SSSR count). The second kappa shape index (κ2) is 4.50. The molecule has 14 heavy (non-hydrogen) atoms. The van der Waals surface area contributed by atoms with Gasteiger partial charge in [-0.15, -0.1) is 11.3 Å². The molecule has 0 amide bonds. The van der Waals surface area contributed by atoms with Crippen LogP contribution in [0.15, 0.2) is 33.5 Å². The van der Waals surface area contributed by atoms with E-state index in [-0.39, 0.29) is 6.61 Å². The van der Waals surface area contributed by atoms with Crippen molar-refractivity contribution in [3.63, 3.8) is 0 Å². The predicted molar refractivity (Wildman–Crippen MR) is 54.2 cm³/mol. The standard InChI is InChI=1S/C8H7N3OS2/c12-5-6-3-10-7(11-4-6)14-8-9-1-2-13-8/h1-4,12H,5H2. The van der Waals surface area contributed by atoms with Gasteiger partial charge in [0.05, 0.1) is 6.61 Å². The quantitative estimate of drug-likeness (QED) is 0.804. The fourth-order valence-electron chi connectivity index (χ4n) is 0.816. The first-order valence-electron chi connectivity index (χ1n) is 3.87. The van der Waals surface area contributed by atoms with Gasteiger partial charge in [0.1, 0.15) is 0 Å². The highest BCUT2D eigenvalue weighted by Gasteiger charge is 2.02. The summed E-state index contributed by atoms with van der Waals surface area (Å²) < 4.78 is 0.918. The zero-order valence-electron chi connectivity index (χ0n) is 7.12. The van der Waals surface area contributed by atoms with Crippen LogP contribution in [0.2, 0.25) is 0 Å². The van der Waals surface area contributed by atoms with Crippen LogP contribution in [-0.2, 0) is 6.61 Å². The summed E-state index contributed by atoms with van der Waals surface area (Å²) in [5, 5.41) is 11.3. The van der Waals surface area contributed by atoms with Crippen molar-refractivity contribution in [2.75, 3.05) is 0 Å². The molecule has 0 atom stereocenters. The Morgan fingerprint density at radius 2 is 2.07 bits per heavy atom. The lowest BCUT2D eigenvalue weighted by atomic mass is 10.4. The van der Waals surface area contributed by atoms with Crippen LogP contribution in [0.4, 0.5) is 0 Å². The summed E-state index contributed by atoms with van der Waals surface area (Å²) in [6, 6.07) is 0. The molecule has 0 aliphatic heterocycles. The van der Waals surface area contributed by atoms with Crippen LogP contribution in [0.3, 0.4) is 0 Å². The van der Waals surface area contributed by atoms with E-state index in [9.17, 15) is 0 Å². The second-order valence-corrected chi connectivity index (χ2v) is 4.54. The molecule has 1 N–H and O–H groups in total. The van der Waals surface area contributed by atoms with Gasteiger partial charge in [0, 0.05) is 29.5 Å². The first-order chi connectivity index (χ1) is 6.88. The van der Waals surface area contributed by atoms with Gasteiger partial charge in [-0.25, -0.2) is 15.0 Å². The van der Waals surface area contributed by atoms with Gasteiger partial charge in [0.15, 0.2) is 9.50 Å². The van der Waals surface area contributed by atoms with Crippen LogP contribution in [0.25, 0.3) is 0 Å². The second-order valence-electron chi connectivity index (χ2n) is 2.43. The van der Waals surface area contributed by atoms with Crippen LogP contribution < -0.4 is 0 Å². The molecule has 0 saturated carbocycles. The largest absolute Gasteiger partial charge is 0.392 e. The molecular formula is C8H7N3OS2. The number of hydrogen-bond acceptors (Lipinski definition) is 6. The lowest BCUT2D eigenvalue weighted by Gasteiger charge is -1.96. The van der Waals surface area contributed by atoms with Gasteiger partial charge in [-0.3, -0.25) is 0 Å². The fraction of sp³-hybridized carbons (Fsp3) is 0.125. The van der Waals surface area contributed by atoms with Crippen molar-refractivity contribution in [3.05, 3.63) is 29.5 Å². The number of aliphatic hydroxyl groups is 1. The van der Waals surface area contributed by atoms with Crippen molar-refractivity contribution >= 4 is 23.1 Å². The molecular weight excluding hydrogens is 218 g/mol. The zero-order chi connectivity index (χ0) is 9.80. The van der Waals surface area contributed by atoms with Crippen molar-refractivity contribution in [1.29, 1.82) is 0 Å². The molecule has 0 saturated heterocycles. The SMILES string of the molecule is OCc1cnc(Sc2nccs2)nc1. The van der Waals surface area contributed by atoms with E-state index in [0.29, 0.717) is 10.7 Å². The molecule has 2 heterocycles. The first-order valence-corrected chi connectivity index (χ1v) is 5.57. The minimum atomic E-state index is -0.0256. The molecule has 6 heteroatoms. The van der Waals surface area contributed by atoms with Crippen LogP contribution in [-0.4, -0.2) is 20.1 Å². The van der Waals surface area contributed by atoms with Crippen molar-refractivity contribution in [3.8, 4) is 0 Å². The molecule has 0 unspecified atom stereocenters. The van der Waals surface area contributed by atoms with Crippen molar-refractivity contribution < 1.29 is 5.11 Å². The summed E-state index contributed by atoms with van der Waals surface area (Å²) in [5.41, 5.74) is 0.716. The maximum absolute atomic E-state index is 8.79. The Morgan fingerprint density at radius 1 is 1.29 bits per heavy atom. The topological polar surface area (TPSA) is 58.9 Å². The Balaban J connectivity index is 2.10. The highest BCUT2D eigenvalue weighted by atomic mass is 32.2. The molecule has 4 nitrogen and oxygen atoms in total.